The molecule has 0 saturated carbocycles. The molecule has 2 heteroatoms. The summed E-state index contributed by atoms with van der Waals surface area (Å²) in [5, 5.41) is 12.5. The van der Waals surface area contributed by atoms with Crippen LogP contribution >= 0.6 is 0 Å². The second-order valence-electron chi connectivity index (χ2n) is 5.45. The van der Waals surface area contributed by atoms with Crippen molar-refractivity contribution in [2.24, 2.45) is 11.3 Å². The van der Waals surface area contributed by atoms with Crippen molar-refractivity contribution in [2.45, 2.75) is 47.1 Å². The molecule has 80 valence electrons. The summed E-state index contributed by atoms with van der Waals surface area (Å²) in [5.41, 5.74) is 0.296. The standard InChI is InChI=1S/C11H25NO/c1-9(2)6-10(7-13)12-8-11(3,4)5/h9-10,12-13H,6-8H2,1-5H3/t10-/m0/s1. The van der Waals surface area contributed by atoms with E-state index < -0.39 is 0 Å². The van der Waals surface area contributed by atoms with E-state index in [2.05, 4.69) is 39.9 Å². The summed E-state index contributed by atoms with van der Waals surface area (Å²) in [6.07, 6.45) is 1.05. The molecule has 0 heterocycles. The Labute approximate surface area is 82.7 Å². The van der Waals surface area contributed by atoms with Crippen molar-refractivity contribution >= 4 is 0 Å². The number of hydrogen-bond donors (Lipinski definition) is 2. The van der Waals surface area contributed by atoms with Crippen LogP contribution in [0, 0.1) is 11.3 Å². The van der Waals surface area contributed by atoms with Gasteiger partial charge in [0.05, 0.1) is 6.61 Å². The van der Waals surface area contributed by atoms with Crippen molar-refractivity contribution in [3.63, 3.8) is 0 Å². The first kappa shape index (κ1) is 12.9. The van der Waals surface area contributed by atoms with Crippen molar-refractivity contribution < 1.29 is 5.11 Å². The number of rotatable bonds is 5. The Hall–Kier alpha value is -0.0800. The minimum Gasteiger partial charge on any atom is -0.395 e. The average Bonchev–Trinajstić information content (AvgIpc) is 1.95. The van der Waals surface area contributed by atoms with Gasteiger partial charge in [-0.25, -0.2) is 0 Å². The Morgan fingerprint density at radius 2 is 1.77 bits per heavy atom. The van der Waals surface area contributed by atoms with Gasteiger partial charge in [0.25, 0.3) is 0 Å². The lowest BCUT2D eigenvalue weighted by molar-refractivity contribution is 0.210. The number of aliphatic hydroxyl groups is 1. The largest absolute Gasteiger partial charge is 0.395 e. The smallest absolute Gasteiger partial charge is 0.0584 e. The van der Waals surface area contributed by atoms with Crippen molar-refractivity contribution in [1.82, 2.24) is 5.32 Å². The SMILES string of the molecule is CC(C)C[C@@H](CO)NCC(C)(C)C. The second-order valence-corrected chi connectivity index (χ2v) is 5.45. The van der Waals surface area contributed by atoms with Crippen molar-refractivity contribution in [1.29, 1.82) is 0 Å². The summed E-state index contributed by atoms with van der Waals surface area (Å²) in [7, 11) is 0. The molecule has 0 aromatic rings. The molecule has 2 N–H and O–H groups in total. The third kappa shape index (κ3) is 8.26. The maximum absolute atomic E-state index is 9.11. The molecule has 13 heavy (non-hydrogen) atoms. The molecule has 0 rings (SSSR count). The maximum atomic E-state index is 9.11. The van der Waals surface area contributed by atoms with E-state index in [1.807, 2.05) is 0 Å². The van der Waals surface area contributed by atoms with Crippen LogP contribution in [-0.4, -0.2) is 24.3 Å². The Morgan fingerprint density at radius 1 is 1.23 bits per heavy atom. The fourth-order valence-electron chi connectivity index (χ4n) is 1.24. The van der Waals surface area contributed by atoms with Crippen LogP contribution < -0.4 is 5.32 Å². The average molecular weight is 187 g/mol. The first-order valence-electron chi connectivity index (χ1n) is 5.19. The van der Waals surface area contributed by atoms with E-state index in [9.17, 15) is 0 Å². The van der Waals surface area contributed by atoms with Crippen LogP contribution in [-0.2, 0) is 0 Å². The van der Waals surface area contributed by atoms with E-state index in [4.69, 9.17) is 5.11 Å². The van der Waals surface area contributed by atoms with Gasteiger partial charge in [-0.3, -0.25) is 0 Å². The fraction of sp³-hybridized carbons (Fsp3) is 1.00. The summed E-state index contributed by atoms with van der Waals surface area (Å²) < 4.78 is 0. The zero-order valence-electron chi connectivity index (χ0n) is 9.72. The van der Waals surface area contributed by atoms with Gasteiger partial charge < -0.3 is 10.4 Å². The third-order valence-electron chi connectivity index (χ3n) is 1.90. The zero-order chi connectivity index (χ0) is 10.5. The molecule has 0 aliphatic rings. The molecular formula is C11H25NO. The molecule has 0 unspecified atom stereocenters. The van der Waals surface area contributed by atoms with Gasteiger partial charge in [0, 0.05) is 12.6 Å². The van der Waals surface area contributed by atoms with E-state index >= 15 is 0 Å². The van der Waals surface area contributed by atoms with E-state index in [-0.39, 0.29) is 12.6 Å². The fourth-order valence-corrected chi connectivity index (χ4v) is 1.24. The molecule has 0 amide bonds. The van der Waals surface area contributed by atoms with Gasteiger partial charge in [-0.15, -0.1) is 0 Å². The molecule has 0 aromatic heterocycles. The Morgan fingerprint density at radius 3 is 2.08 bits per heavy atom. The van der Waals surface area contributed by atoms with Gasteiger partial charge in [-0.05, 0) is 17.8 Å². The highest BCUT2D eigenvalue weighted by Gasteiger charge is 2.14. The highest BCUT2D eigenvalue weighted by atomic mass is 16.3. The summed E-state index contributed by atoms with van der Waals surface area (Å²) >= 11 is 0. The highest BCUT2D eigenvalue weighted by Crippen LogP contribution is 2.12. The van der Waals surface area contributed by atoms with Gasteiger partial charge in [0.1, 0.15) is 0 Å². The number of aliphatic hydroxyl groups excluding tert-OH is 1. The third-order valence-corrected chi connectivity index (χ3v) is 1.90. The van der Waals surface area contributed by atoms with Crippen LogP contribution in [0.3, 0.4) is 0 Å². The molecule has 1 atom stereocenters. The minimum absolute atomic E-state index is 0.244. The molecule has 2 nitrogen and oxygen atoms in total. The Balaban J connectivity index is 3.72. The van der Waals surface area contributed by atoms with Gasteiger partial charge in [-0.1, -0.05) is 34.6 Å². The predicted molar refractivity (Wildman–Crippen MR) is 57.8 cm³/mol. The van der Waals surface area contributed by atoms with E-state index in [1.54, 1.807) is 0 Å². The van der Waals surface area contributed by atoms with E-state index in [0.717, 1.165) is 13.0 Å². The second kappa shape index (κ2) is 5.61. The first-order chi connectivity index (χ1) is 5.85. The molecule has 0 aliphatic carbocycles. The topological polar surface area (TPSA) is 32.3 Å². The number of nitrogens with one attached hydrogen (secondary N) is 1. The van der Waals surface area contributed by atoms with Gasteiger partial charge in [-0.2, -0.15) is 0 Å². The summed E-state index contributed by atoms with van der Waals surface area (Å²) in [6, 6.07) is 0.263. The predicted octanol–water partition coefficient (Wildman–Crippen LogP) is 2.03. The monoisotopic (exact) mass is 187 g/mol. The van der Waals surface area contributed by atoms with Crippen molar-refractivity contribution in [2.75, 3.05) is 13.2 Å². The molecule has 0 radical (unpaired) electrons. The van der Waals surface area contributed by atoms with E-state index in [1.165, 1.54) is 0 Å². The lowest BCUT2D eigenvalue weighted by Gasteiger charge is -2.24. The van der Waals surface area contributed by atoms with E-state index in [0.29, 0.717) is 11.3 Å². The summed E-state index contributed by atoms with van der Waals surface area (Å²) in [4.78, 5) is 0. The lowest BCUT2D eigenvalue weighted by Crippen LogP contribution is -2.38. The summed E-state index contributed by atoms with van der Waals surface area (Å²) in [5.74, 6) is 0.643. The van der Waals surface area contributed by atoms with Crippen LogP contribution in [0.1, 0.15) is 41.0 Å². The van der Waals surface area contributed by atoms with Gasteiger partial charge in [0.15, 0.2) is 0 Å². The van der Waals surface area contributed by atoms with Crippen LogP contribution in [0.15, 0.2) is 0 Å². The Kier molecular flexibility index (Phi) is 5.57. The molecule has 0 saturated heterocycles. The lowest BCUT2D eigenvalue weighted by atomic mass is 9.95. The van der Waals surface area contributed by atoms with Gasteiger partial charge >= 0.3 is 0 Å². The normalized spacial score (nSPS) is 15.0. The first-order valence-corrected chi connectivity index (χ1v) is 5.19. The quantitative estimate of drug-likeness (QED) is 0.690. The van der Waals surface area contributed by atoms with Gasteiger partial charge in [0.2, 0.25) is 0 Å². The molecule has 0 aliphatic heterocycles. The zero-order valence-corrected chi connectivity index (χ0v) is 9.72. The maximum Gasteiger partial charge on any atom is 0.0584 e. The molecule has 0 fully saturated rings. The minimum atomic E-state index is 0.244. The molecule has 0 aromatic carbocycles. The van der Waals surface area contributed by atoms with Crippen molar-refractivity contribution in [3.8, 4) is 0 Å². The molecule has 0 spiro atoms. The summed E-state index contributed by atoms with van der Waals surface area (Å²) in [6.45, 7) is 12.2. The molecule has 0 bridgehead atoms. The van der Waals surface area contributed by atoms with Crippen LogP contribution in [0.25, 0.3) is 0 Å². The Bertz CT molecular complexity index is 127. The van der Waals surface area contributed by atoms with Crippen LogP contribution in [0.5, 0.6) is 0 Å². The highest BCUT2D eigenvalue weighted by molar-refractivity contribution is 4.72. The van der Waals surface area contributed by atoms with Crippen molar-refractivity contribution in [3.05, 3.63) is 0 Å². The van der Waals surface area contributed by atoms with Crippen LogP contribution in [0.2, 0.25) is 0 Å². The van der Waals surface area contributed by atoms with Crippen LogP contribution in [0.4, 0.5) is 0 Å². The number of hydrogen-bond acceptors (Lipinski definition) is 2. The molecular weight excluding hydrogens is 162 g/mol.